The van der Waals surface area contributed by atoms with E-state index < -0.39 is 0 Å². The molecule has 1 aromatic carbocycles. The molecule has 1 fully saturated rings. The maximum Gasteiger partial charge on any atom is 0.231 e. The van der Waals surface area contributed by atoms with E-state index in [9.17, 15) is 0 Å². The van der Waals surface area contributed by atoms with Crippen LogP contribution in [-0.2, 0) is 0 Å². The van der Waals surface area contributed by atoms with Crippen molar-refractivity contribution >= 4 is 17.2 Å². The Hall–Kier alpha value is -2.07. The topological polar surface area (TPSA) is 39.4 Å². The number of ether oxygens (including phenoxy) is 1. The van der Waals surface area contributed by atoms with Gasteiger partial charge in [0, 0.05) is 16.7 Å². The van der Waals surface area contributed by atoms with E-state index in [1.165, 1.54) is 12.8 Å². The Balaban J connectivity index is 1.72. The van der Waals surface area contributed by atoms with Crippen LogP contribution in [0.25, 0.3) is 16.9 Å². The first kappa shape index (κ1) is 12.7. The molecule has 3 aromatic rings. The molecule has 0 aliphatic heterocycles. The van der Waals surface area contributed by atoms with Crippen molar-refractivity contribution in [3.8, 4) is 17.1 Å². The van der Waals surface area contributed by atoms with Gasteiger partial charge in [-0.1, -0.05) is 23.7 Å². The molecule has 0 N–H and O–H groups in total. The van der Waals surface area contributed by atoms with Gasteiger partial charge in [0.2, 0.25) is 5.88 Å². The molecule has 0 atom stereocenters. The molecule has 5 heteroatoms. The molecule has 1 aliphatic carbocycles. The summed E-state index contributed by atoms with van der Waals surface area (Å²) >= 11 is 6.06. The summed E-state index contributed by atoms with van der Waals surface area (Å²) in [6.45, 7) is 0.750. The van der Waals surface area contributed by atoms with E-state index in [1.807, 2.05) is 36.4 Å². The summed E-state index contributed by atoms with van der Waals surface area (Å²) in [6, 6.07) is 11.5. The first-order chi connectivity index (χ1) is 10.3. The van der Waals surface area contributed by atoms with E-state index >= 15 is 0 Å². The lowest BCUT2D eigenvalue weighted by Gasteiger charge is -2.06. The lowest BCUT2D eigenvalue weighted by molar-refractivity contribution is 0.284. The molecular weight excluding hydrogens is 286 g/mol. The average molecular weight is 300 g/mol. The number of benzene rings is 1. The number of hydrogen-bond donors (Lipinski definition) is 0. The quantitative estimate of drug-likeness (QED) is 0.735. The van der Waals surface area contributed by atoms with Crippen molar-refractivity contribution < 1.29 is 4.74 Å². The van der Waals surface area contributed by atoms with Crippen LogP contribution in [0.2, 0.25) is 5.02 Å². The molecule has 21 heavy (non-hydrogen) atoms. The van der Waals surface area contributed by atoms with Gasteiger partial charge in [0.25, 0.3) is 0 Å². The fourth-order valence-corrected chi connectivity index (χ4v) is 2.46. The number of aromatic nitrogens is 3. The standard InChI is InChI=1S/C16H14ClN3O/c17-13-3-1-2-12(8-13)14-9-18-15-6-7-16(19-20(14)15)21-10-11-4-5-11/h1-3,6-9,11H,4-5,10H2. The van der Waals surface area contributed by atoms with Gasteiger partial charge in [-0.05, 0) is 37.0 Å². The van der Waals surface area contributed by atoms with Crippen LogP contribution >= 0.6 is 11.6 Å². The highest BCUT2D eigenvalue weighted by Gasteiger charge is 2.22. The van der Waals surface area contributed by atoms with Crippen molar-refractivity contribution in [2.45, 2.75) is 12.8 Å². The van der Waals surface area contributed by atoms with E-state index in [1.54, 1.807) is 10.7 Å². The minimum Gasteiger partial charge on any atom is -0.476 e. The first-order valence-corrected chi connectivity index (χ1v) is 7.41. The van der Waals surface area contributed by atoms with Gasteiger partial charge in [0.1, 0.15) is 0 Å². The zero-order valence-electron chi connectivity index (χ0n) is 11.4. The van der Waals surface area contributed by atoms with Crippen LogP contribution in [0.1, 0.15) is 12.8 Å². The predicted molar refractivity (Wildman–Crippen MR) is 81.7 cm³/mol. The number of imidazole rings is 1. The molecule has 4 nitrogen and oxygen atoms in total. The van der Waals surface area contributed by atoms with Crippen LogP contribution < -0.4 is 4.74 Å². The van der Waals surface area contributed by atoms with Crippen LogP contribution in [0.4, 0.5) is 0 Å². The molecule has 0 saturated heterocycles. The van der Waals surface area contributed by atoms with Crippen LogP contribution in [-0.4, -0.2) is 21.2 Å². The Labute approximate surface area is 127 Å². The fraction of sp³-hybridized carbons (Fsp3) is 0.250. The van der Waals surface area contributed by atoms with Gasteiger partial charge in [-0.2, -0.15) is 0 Å². The van der Waals surface area contributed by atoms with Crippen LogP contribution in [0, 0.1) is 5.92 Å². The normalized spacial score (nSPS) is 14.5. The number of rotatable bonds is 4. The van der Waals surface area contributed by atoms with Gasteiger partial charge in [0.15, 0.2) is 5.65 Å². The second-order valence-electron chi connectivity index (χ2n) is 5.35. The average Bonchev–Trinajstić information content (AvgIpc) is 3.23. The molecule has 0 spiro atoms. The Bertz CT molecular complexity index is 795. The Morgan fingerprint density at radius 3 is 2.95 bits per heavy atom. The van der Waals surface area contributed by atoms with E-state index in [0.717, 1.165) is 23.5 Å². The zero-order valence-corrected chi connectivity index (χ0v) is 12.1. The van der Waals surface area contributed by atoms with Crippen molar-refractivity contribution in [2.24, 2.45) is 5.92 Å². The highest BCUT2D eigenvalue weighted by Crippen LogP contribution is 2.29. The summed E-state index contributed by atoms with van der Waals surface area (Å²) in [5.41, 5.74) is 2.69. The molecule has 0 radical (unpaired) electrons. The highest BCUT2D eigenvalue weighted by atomic mass is 35.5. The third kappa shape index (κ3) is 2.59. The number of hydrogen-bond acceptors (Lipinski definition) is 3. The number of nitrogens with zero attached hydrogens (tertiary/aromatic N) is 3. The Morgan fingerprint density at radius 2 is 2.14 bits per heavy atom. The van der Waals surface area contributed by atoms with E-state index in [4.69, 9.17) is 16.3 Å². The molecule has 2 heterocycles. The van der Waals surface area contributed by atoms with Crippen molar-refractivity contribution in [3.63, 3.8) is 0 Å². The van der Waals surface area contributed by atoms with E-state index in [0.29, 0.717) is 16.8 Å². The highest BCUT2D eigenvalue weighted by molar-refractivity contribution is 6.30. The SMILES string of the molecule is Clc1cccc(-c2cnc3ccc(OCC4CC4)nn23)c1. The molecule has 2 aromatic heterocycles. The Morgan fingerprint density at radius 1 is 1.24 bits per heavy atom. The van der Waals surface area contributed by atoms with E-state index in [2.05, 4.69) is 10.1 Å². The van der Waals surface area contributed by atoms with Gasteiger partial charge >= 0.3 is 0 Å². The van der Waals surface area contributed by atoms with Gasteiger partial charge in [-0.3, -0.25) is 0 Å². The molecule has 1 saturated carbocycles. The molecular formula is C16H14ClN3O. The first-order valence-electron chi connectivity index (χ1n) is 7.03. The zero-order chi connectivity index (χ0) is 14.2. The third-order valence-corrected chi connectivity index (χ3v) is 3.86. The summed E-state index contributed by atoms with van der Waals surface area (Å²) in [4.78, 5) is 4.38. The van der Waals surface area contributed by atoms with Crippen molar-refractivity contribution in [2.75, 3.05) is 6.61 Å². The Kier molecular flexibility index (Phi) is 3.04. The summed E-state index contributed by atoms with van der Waals surface area (Å²) < 4.78 is 7.54. The monoisotopic (exact) mass is 299 g/mol. The predicted octanol–water partition coefficient (Wildman–Crippen LogP) is 3.84. The maximum absolute atomic E-state index is 6.06. The van der Waals surface area contributed by atoms with Gasteiger partial charge in [-0.15, -0.1) is 5.10 Å². The fourth-order valence-electron chi connectivity index (χ4n) is 2.27. The van der Waals surface area contributed by atoms with Gasteiger partial charge < -0.3 is 4.74 Å². The van der Waals surface area contributed by atoms with Crippen molar-refractivity contribution in [3.05, 3.63) is 47.6 Å². The minimum atomic E-state index is 0.635. The molecule has 0 bridgehead atoms. The van der Waals surface area contributed by atoms with Crippen molar-refractivity contribution in [1.29, 1.82) is 0 Å². The smallest absolute Gasteiger partial charge is 0.231 e. The summed E-state index contributed by atoms with van der Waals surface area (Å²) in [6.07, 6.45) is 4.33. The van der Waals surface area contributed by atoms with Gasteiger partial charge in [-0.25, -0.2) is 9.50 Å². The van der Waals surface area contributed by atoms with Gasteiger partial charge in [0.05, 0.1) is 18.5 Å². The maximum atomic E-state index is 6.06. The summed E-state index contributed by atoms with van der Waals surface area (Å²) in [5.74, 6) is 1.34. The molecule has 0 unspecified atom stereocenters. The van der Waals surface area contributed by atoms with Crippen molar-refractivity contribution in [1.82, 2.24) is 14.6 Å². The summed E-state index contributed by atoms with van der Waals surface area (Å²) in [5, 5.41) is 5.23. The molecule has 1 aliphatic rings. The number of fused-ring (bicyclic) bond motifs is 1. The van der Waals surface area contributed by atoms with Crippen LogP contribution in [0.5, 0.6) is 5.88 Å². The lowest BCUT2D eigenvalue weighted by Crippen LogP contribution is -2.03. The second kappa shape index (κ2) is 5.04. The van der Waals surface area contributed by atoms with Crippen LogP contribution in [0.3, 0.4) is 0 Å². The summed E-state index contributed by atoms with van der Waals surface area (Å²) in [7, 11) is 0. The lowest BCUT2D eigenvalue weighted by atomic mass is 10.2. The minimum absolute atomic E-state index is 0.635. The number of halogens is 1. The van der Waals surface area contributed by atoms with Crippen LogP contribution in [0.15, 0.2) is 42.6 Å². The largest absolute Gasteiger partial charge is 0.476 e. The third-order valence-electron chi connectivity index (χ3n) is 3.62. The molecule has 4 rings (SSSR count). The second-order valence-corrected chi connectivity index (χ2v) is 5.79. The van der Waals surface area contributed by atoms with E-state index in [-0.39, 0.29) is 0 Å². The molecule has 0 amide bonds. The molecule has 106 valence electrons.